The third-order valence-corrected chi connectivity index (χ3v) is 2.31. The smallest absolute Gasteiger partial charge is 0.0310 e. The third-order valence-electron chi connectivity index (χ3n) is 2.31. The van der Waals surface area contributed by atoms with Crippen LogP contribution in [0, 0.1) is 7.05 Å². The van der Waals surface area contributed by atoms with Crippen molar-refractivity contribution in [2.75, 3.05) is 19.6 Å². The molecule has 0 aromatic heterocycles. The Bertz CT molecular complexity index is 118. The number of hydrogen-bond donors (Lipinski definition) is 1. The van der Waals surface area contributed by atoms with Crippen LogP contribution in [-0.2, 0) is 0 Å². The van der Waals surface area contributed by atoms with Gasteiger partial charge in [0, 0.05) is 32.2 Å². The Kier molecular flexibility index (Phi) is 1.08. The molecule has 1 saturated heterocycles. The van der Waals surface area contributed by atoms with E-state index in [1.165, 1.54) is 12.8 Å². The first kappa shape index (κ1) is 5.69. The summed E-state index contributed by atoms with van der Waals surface area (Å²) in [6.45, 7) is 3.40. The molecule has 2 heteroatoms. The number of nitrogens with zero attached hydrogens (tertiary/aromatic N) is 1. The van der Waals surface area contributed by atoms with E-state index in [0.29, 0.717) is 5.54 Å². The Hall–Kier alpha value is -0.0800. The summed E-state index contributed by atoms with van der Waals surface area (Å²) in [6.07, 6.45) is 2.72. The van der Waals surface area contributed by atoms with Crippen LogP contribution in [0.1, 0.15) is 12.8 Å². The Morgan fingerprint density at radius 3 is 2.67 bits per heavy atom. The number of piperazine rings is 1. The number of rotatable bonds is 0. The van der Waals surface area contributed by atoms with Crippen LogP contribution in [0.3, 0.4) is 0 Å². The van der Waals surface area contributed by atoms with Crippen LogP contribution in [-0.4, -0.2) is 30.1 Å². The van der Waals surface area contributed by atoms with Crippen molar-refractivity contribution in [2.45, 2.75) is 18.4 Å². The lowest BCUT2D eigenvalue weighted by Gasteiger charge is -2.30. The van der Waals surface area contributed by atoms with Crippen LogP contribution in [0.5, 0.6) is 0 Å². The first-order chi connectivity index (χ1) is 4.31. The fraction of sp³-hybridized carbons (Fsp3) is 0.857. The highest BCUT2D eigenvalue weighted by molar-refractivity contribution is 5.06. The van der Waals surface area contributed by atoms with Crippen molar-refractivity contribution in [3.63, 3.8) is 0 Å². The lowest BCUT2D eigenvalue weighted by molar-refractivity contribution is 0.249. The molecule has 2 aliphatic rings. The molecule has 51 valence electrons. The van der Waals surface area contributed by atoms with Gasteiger partial charge in [0.05, 0.1) is 0 Å². The number of hydrogen-bond acceptors (Lipinski definition) is 2. The Balaban J connectivity index is 1.96. The van der Waals surface area contributed by atoms with Gasteiger partial charge in [-0.25, -0.2) is 0 Å². The van der Waals surface area contributed by atoms with Gasteiger partial charge < -0.3 is 5.32 Å². The summed E-state index contributed by atoms with van der Waals surface area (Å²) in [5, 5.41) is 3.52. The van der Waals surface area contributed by atoms with Gasteiger partial charge in [0.25, 0.3) is 0 Å². The molecule has 1 radical (unpaired) electrons. The second kappa shape index (κ2) is 1.70. The highest BCUT2D eigenvalue weighted by Crippen LogP contribution is 2.37. The van der Waals surface area contributed by atoms with Gasteiger partial charge in [0.2, 0.25) is 0 Å². The van der Waals surface area contributed by atoms with E-state index in [1.807, 2.05) is 0 Å². The Morgan fingerprint density at radius 1 is 1.44 bits per heavy atom. The lowest BCUT2D eigenvalue weighted by atomic mass is 10.2. The van der Waals surface area contributed by atoms with Crippen LogP contribution in [0.2, 0.25) is 0 Å². The number of nitrogens with one attached hydrogen (secondary N) is 1. The van der Waals surface area contributed by atoms with Crippen molar-refractivity contribution < 1.29 is 0 Å². The first-order valence-corrected chi connectivity index (χ1v) is 3.61. The molecule has 2 nitrogen and oxygen atoms in total. The lowest BCUT2D eigenvalue weighted by Crippen LogP contribution is -2.50. The molecule has 9 heavy (non-hydrogen) atoms. The van der Waals surface area contributed by atoms with E-state index in [9.17, 15) is 0 Å². The molecule has 1 saturated carbocycles. The van der Waals surface area contributed by atoms with Crippen LogP contribution in [0.15, 0.2) is 0 Å². The molecular formula is C7H13N2. The van der Waals surface area contributed by atoms with Gasteiger partial charge in [-0.1, -0.05) is 0 Å². The minimum absolute atomic E-state index is 0.514. The van der Waals surface area contributed by atoms with Crippen molar-refractivity contribution in [1.29, 1.82) is 0 Å². The zero-order valence-corrected chi connectivity index (χ0v) is 5.69. The molecule has 0 amide bonds. The summed E-state index contributed by atoms with van der Waals surface area (Å²) in [5.41, 5.74) is 0.514. The first-order valence-electron chi connectivity index (χ1n) is 3.61. The van der Waals surface area contributed by atoms with Crippen LogP contribution in [0.25, 0.3) is 0 Å². The monoisotopic (exact) mass is 125 g/mol. The SMILES string of the molecule is [CH2]N1CCNC2(CC2)C1. The highest BCUT2D eigenvalue weighted by Gasteiger charge is 2.44. The molecule has 0 unspecified atom stereocenters. The fourth-order valence-electron chi connectivity index (χ4n) is 1.53. The van der Waals surface area contributed by atoms with E-state index in [2.05, 4.69) is 17.3 Å². The molecule has 1 N–H and O–H groups in total. The molecule has 0 atom stereocenters. The normalized spacial score (nSPS) is 33.0. The van der Waals surface area contributed by atoms with E-state index < -0.39 is 0 Å². The standard InChI is InChI=1S/C7H13N2/c1-9-5-4-8-7(6-9)2-3-7/h8H,1-6H2. The minimum atomic E-state index is 0.514. The predicted molar refractivity (Wildman–Crippen MR) is 36.9 cm³/mol. The molecule has 1 spiro atoms. The molecule has 2 rings (SSSR count). The van der Waals surface area contributed by atoms with E-state index in [4.69, 9.17) is 0 Å². The van der Waals surface area contributed by atoms with Crippen LogP contribution in [0.4, 0.5) is 0 Å². The highest BCUT2D eigenvalue weighted by atomic mass is 15.2. The van der Waals surface area contributed by atoms with Crippen molar-refractivity contribution in [3.8, 4) is 0 Å². The van der Waals surface area contributed by atoms with Gasteiger partial charge in [0.15, 0.2) is 0 Å². The zero-order valence-electron chi connectivity index (χ0n) is 5.69. The maximum atomic E-state index is 3.93. The summed E-state index contributed by atoms with van der Waals surface area (Å²) in [7, 11) is 3.93. The third kappa shape index (κ3) is 0.970. The minimum Gasteiger partial charge on any atom is -0.309 e. The van der Waals surface area contributed by atoms with Gasteiger partial charge in [-0.3, -0.25) is 4.90 Å². The Labute approximate surface area is 56.2 Å². The summed E-state index contributed by atoms with van der Waals surface area (Å²) in [5.74, 6) is 0. The molecule has 0 aromatic rings. The summed E-state index contributed by atoms with van der Waals surface area (Å²) >= 11 is 0. The topological polar surface area (TPSA) is 15.3 Å². The second-order valence-electron chi connectivity index (χ2n) is 3.26. The van der Waals surface area contributed by atoms with Gasteiger partial charge in [-0.2, -0.15) is 0 Å². The van der Waals surface area contributed by atoms with Gasteiger partial charge in [0.1, 0.15) is 0 Å². The van der Waals surface area contributed by atoms with E-state index in [0.717, 1.165) is 19.6 Å². The van der Waals surface area contributed by atoms with Crippen molar-refractivity contribution in [1.82, 2.24) is 10.2 Å². The maximum absolute atomic E-state index is 3.93. The van der Waals surface area contributed by atoms with Gasteiger partial charge in [-0.05, 0) is 12.8 Å². The quantitative estimate of drug-likeness (QED) is 0.498. The second-order valence-corrected chi connectivity index (χ2v) is 3.26. The maximum Gasteiger partial charge on any atom is 0.0310 e. The summed E-state index contributed by atoms with van der Waals surface area (Å²) in [4.78, 5) is 2.17. The molecule has 2 fully saturated rings. The molecule has 1 aliphatic carbocycles. The zero-order chi connectivity index (χ0) is 6.32. The average molecular weight is 125 g/mol. The predicted octanol–water partition coefficient (Wildman–Crippen LogP) is 0.216. The molecule has 1 heterocycles. The van der Waals surface area contributed by atoms with Gasteiger partial charge >= 0.3 is 0 Å². The fourth-order valence-corrected chi connectivity index (χ4v) is 1.53. The van der Waals surface area contributed by atoms with E-state index >= 15 is 0 Å². The van der Waals surface area contributed by atoms with Crippen molar-refractivity contribution in [2.24, 2.45) is 0 Å². The summed E-state index contributed by atoms with van der Waals surface area (Å²) in [6, 6.07) is 0. The molecule has 0 bridgehead atoms. The molecule has 1 aliphatic heterocycles. The molecular weight excluding hydrogens is 112 g/mol. The largest absolute Gasteiger partial charge is 0.309 e. The van der Waals surface area contributed by atoms with Crippen molar-refractivity contribution >= 4 is 0 Å². The van der Waals surface area contributed by atoms with Gasteiger partial charge in [-0.15, -0.1) is 0 Å². The summed E-state index contributed by atoms with van der Waals surface area (Å²) < 4.78 is 0. The Morgan fingerprint density at radius 2 is 2.22 bits per heavy atom. The molecule has 0 aromatic carbocycles. The van der Waals surface area contributed by atoms with Crippen LogP contribution >= 0.6 is 0 Å². The van der Waals surface area contributed by atoms with E-state index in [1.54, 1.807) is 0 Å². The van der Waals surface area contributed by atoms with Crippen LogP contribution < -0.4 is 5.32 Å². The van der Waals surface area contributed by atoms with Crippen molar-refractivity contribution in [3.05, 3.63) is 7.05 Å². The van der Waals surface area contributed by atoms with E-state index in [-0.39, 0.29) is 0 Å². The average Bonchev–Trinajstić information content (AvgIpc) is 2.49.